The van der Waals surface area contributed by atoms with Gasteiger partial charge in [-0.2, -0.15) is 5.10 Å². The van der Waals surface area contributed by atoms with Crippen LogP contribution < -0.4 is 4.90 Å². The van der Waals surface area contributed by atoms with Gasteiger partial charge in [-0.3, -0.25) is 4.68 Å². The van der Waals surface area contributed by atoms with Crippen molar-refractivity contribution >= 4 is 11.8 Å². The minimum absolute atomic E-state index is 0.150. The van der Waals surface area contributed by atoms with E-state index in [1.54, 1.807) is 23.0 Å². The van der Waals surface area contributed by atoms with Crippen LogP contribution in [0.15, 0.2) is 30.7 Å². The van der Waals surface area contributed by atoms with Crippen molar-refractivity contribution in [3.8, 4) is 0 Å². The number of aryl methyl sites for hydroxylation is 1. The van der Waals surface area contributed by atoms with Crippen LogP contribution in [0.5, 0.6) is 0 Å². The van der Waals surface area contributed by atoms with Gasteiger partial charge in [0.2, 0.25) is 0 Å². The Kier molecular flexibility index (Phi) is 4.32. The van der Waals surface area contributed by atoms with Crippen molar-refractivity contribution < 1.29 is 9.53 Å². The Labute approximate surface area is 136 Å². The van der Waals surface area contributed by atoms with Crippen molar-refractivity contribution in [1.82, 2.24) is 14.8 Å². The van der Waals surface area contributed by atoms with E-state index in [1.165, 1.54) is 0 Å². The molecule has 6 nitrogen and oxygen atoms in total. The van der Waals surface area contributed by atoms with Gasteiger partial charge in [0.15, 0.2) is 0 Å². The first-order valence-corrected chi connectivity index (χ1v) is 7.97. The Morgan fingerprint density at radius 1 is 1.43 bits per heavy atom. The zero-order chi connectivity index (χ0) is 16.4. The molecule has 0 bridgehead atoms. The van der Waals surface area contributed by atoms with Crippen LogP contribution in [0.25, 0.3) is 0 Å². The summed E-state index contributed by atoms with van der Waals surface area (Å²) in [6.45, 7) is 4.57. The standard InChI is InChI=1S/C17H22N4O2/c1-12(2)23-17(22)14-6-4-8-18-16(14)21-9-5-7-15(21)13-10-19-20(3)11-13/h4,6,8,10-12,15H,5,7,9H2,1-3H3. The van der Waals surface area contributed by atoms with Gasteiger partial charge in [0.1, 0.15) is 11.4 Å². The molecular weight excluding hydrogens is 292 g/mol. The Morgan fingerprint density at radius 2 is 2.26 bits per heavy atom. The van der Waals surface area contributed by atoms with Crippen LogP contribution in [-0.4, -0.2) is 33.4 Å². The zero-order valence-electron chi connectivity index (χ0n) is 13.8. The minimum atomic E-state index is -0.320. The van der Waals surface area contributed by atoms with Crippen molar-refractivity contribution in [2.45, 2.75) is 38.8 Å². The van der Waals surface area contributed by atoms with E-state index >= 15 is 0 Å². The highest BCUT2D eigenvalue weighted by molar-refractivity contribution is 5.95. The highest BCUT2D eigenvalue weighted by Gasteiger charge is 2.31. The number of rotatable bonds is 4. The molecule has 2 aromatic rings. The molecule has 0 amide bonds. The first kappa shape index (κ1) is 15.5. The third kappa shape index (κ3) is 3.21. The Hall–Kier alpha value is -2.37. The molecule has 122 valence electrons. The van der Waals surface area contributed by atoms with Crippen LogP contribution >= 0.6 is 0 Å². The number of anilines is 1. The highest BCUT2D eigenvalue weighted by Crippen LogP contribution is 2.36. The van der Waals surface area contributed by atoms with Crippen molar-refractivity contribution in [3.05, 3.63) is 41.9 Å². The topological polar surface area (TPSA) is 60.2 Å². The molecule has 3 rings (SSSR count). The summed E-state index contributed by atoms with van der Waals surface area (Å²) in [6, 6.07) is 3.76. The van der Waals surface area contributed by atoms with Gasteiger partial charge in [-0.15, -0.1) is 0 Å². The fourth-order valence-corrected chi connectivity index (χ4v) is 3.04. The van der Waals surface area contributed by atoms with Gasteiger partial charge < -0.3 is 9.64 Å². The van der Waals surface area contributed by atoms with Crippen LogP contribution in [0.1, 0.15) is 48.7 Å². The lowest BCUT2D eigenvalue weighted by Gasteiger charge is -2.26. The fourth-order valence-electron chi connectivity index (χ4n) is 3.04. The molecule has 23 heavy (non-hydrogen) atoms. The van der Waals surface area contributed by atoms with Crippen molar-refractivity contribution in [2.75, 3.05) is 11.4 Å². The molecule has 0 aliphatic carbocycles. The maximum absolute atomic E-state index is 12.4. The van der Waals surface area contributed by atoms with Gasteiger partial charge in [0, 0.05) is 31.5 Å². The molecule has 1 saturated heterocycles. The van der Waals surface area contributed by atoms with Crippen LogP contribution in [0.4, 0.5) is 5.82 Å². The van der Waals surface area contributed by atoms with Crippen LogP contribution in [0.3, 0.4) is 0 Å². The second kappa shape index (κ2) is 6.40. The van der Waals surface area contributed by atoms with E-state index in [0.29, 0.717) is 11.4 Å². The van der Waals surface area contributed by atoms with Gasteiger partial charge in [0.25, 0.3) is 0 Å². The molecule has 1 atom stereocenters. The third-order valence-corrected chi connectivity index (χ3v) is 3.98. The summed E-state index contributed by atoms with van der Waals surface area (Å²) in [6.07, 6.45) is 7.58. The largest absolute Gasteiger partial charge is 0.459 e. The van der Waals surface area contributed by atoms with Crippen LogP contribution in [0.2, 0.25) is 0 Å². The summed E-state index contributed by atoms with van der Waals surface area (Å²) >= 11 is 0. The number of hydrogen-bond acceptors (Lipinski definition) is 5. The number of pyridine rings is 1. The van der Waals surface area contributed by atoms with Crippen molar-refractivity contribution in [1.29, 1.82) is 0 Å². The summed E-state index contributed by atoms with van der Waals surface area (Å²) in [5, 5.41) is 4.26. The van der Waals surface area contributed by atoms with E-state index in [-0.39, 0.29) is 18.1 Å². The third-order valence-electron chi connectivity index (χ3n) is 3.98. The smallest absolute Gasteiger partial charge is 0.342 e. The molecule has 1 fully saturated rings. The lowest BCUT2D eigenvalue weighted by molar-refractivity contribution is 0.0378. The van der Waals surface area contributed by atoms with E-state index < -0.39 is 0 Å². The molecule has 2 aromatic heterocycles. The van der Waals surface area contributed by atoms with E-state index in [1.807, 2.05) is 33.3 Å². The molecule has 1 aliphatic rings. The molecular formula is C17H22N4O2. The molecule has 0 N–H and O–H groups in total. The number of ether oxygens (including phenoxy) is 1. The Balaban J connectivity index is 1.93. The summed E-state index contributed by atoms with van der Waals surface area (Å²) in [5.74, 6) is 0.379. The van der Waals surface area contributed by atoms with E-state index in [2.05, 4.69) is 15.0 Å². The van der Waals surface area contributed by atoms with Crippen LogP contribution in [-0.2, 0) is 11.8 Å². The Morgan fingerprint density at radius 3 is 2.96 bits per heavy atom. The highest BCUT2D eigenvalue weighted by atomic mass is 16.5. The lowest BCUT2D eigenvalue weighted by Crippen LogP contribution is -2.26. The lowest BCUT2D eigenvalue weighted by atomic mass is 10.1. The number of nitrogens with zero attached hydrogens (tertiary/aromatic N) is 4. The SMILES string of the molecule is CC(C)OC(=O)c1cccnc1N1CCCC1c1cnn(C)c1. The summed E-state index contributed by atoms with van der Waals surface area (Å²) in [7, 11) is 1.91. The first-order valence-electron chi connectivity index (χ1n) is 7.97. The maximum Gasteiger partial charge on any atom is 0.342 e. The summed E-state index contributed by atoms with van der Waals surface area (Å²) < 4.78 is 7.16. The van der Waals surface area contributed by atoms with Gasteiger partial charge in [-0.1, -0.05) is 0 Å². The molecule has 3 heterocycles. The zero-order valence-corrected chi connectivity index (χ0v) is 13.8. The predicted octanol–water partition coefficient (Wildman–Crippen LogP) is 2.72. The second-order valence-corrected chi connectivity index (χ2v) is 6.13. The van der Waals surface area contributed by atoms with Crippen LogP contribution in [0, 0.1) is 0 Å². The number of esters is 1. The average Bonchev–Trinajstić information content (AvgIpc) is 3.14. The van der Waals surface area contributed by atoms with Gasteiger partial charge in [0.05, 0.1) is 18.3 Å². The molecule has 1 aliphatic heterocycles. The number of hydrogen-bond donors (Lipinski definition) is 0. The molecule has 0 saturated carbocycles. The van der Waals surface area contributed by atoms with Crippen molar-refractivity contribution in [2.24, 2.45) is 7.05 Å². The second-order valence-electron chi connectivity index (χ2n) is 6.13. The first-order chi connectivity index (χ1) is 11.1. The van der Waals surface area contributed by atoms with Gasteiger partial charge in [-0.25, -0.2) is 9.78 Å². The molecule has 0 aromatic carbocycles. The van der Waals surface area contributed by atoms with Gasteiger partial charge >= 0.3 is 5.97 Å². The predicted molar refractivity (Wildman–Crippen MR) is 87.3 cm³/mol. The quantitative estimate of drug-likeness (QED) is 0.812. The van der Waals surface area contributed by atoms with Gasteiger partial charge in [-0.05, 0) is 38.8 Å². The monoisotopic (exact) mass is 314 g/mol. The molecule has 6 heteroatoms. The maximum atomic E-state index is 12.4. The number of carbonyl (C=O) groups is 1. The minimum Gasteiger partial charge on any atom is -0.459 e. The normalized spacial score (nSPS) is 17.7. The summed E-state index contributed by atoms with van der Waals surface area (Å²) in [5.41, 5.74) is 1.68. The van der Waals surface area contributed by atoms with E-state index in [9.17, 15) is 4.79 Å². The number of carbonyl (C=O) groups excluding carboxylic acids is 1. The molecule has 0 radical (unpaired) electrons. The Bertz CT molecular complexity index is 695. The van der Waals surface area contributed by atoms with E-state index in [4.69, 9.17) is 4.74 Å². The van der Waals surface area contributed by atoms with Crippen molar-refractivity contribution in [3.63, 3.8) is 0 Å². The average molecular weight is 314 g/mol. The van der Waals surface area contributed by atoms with E-state index in [0.717, 1.165) is 24.9 Å². The number of aromatic nitrogens is 3. The molecule has 0 spiro atoms. The molecule has 1 unspecified atom stereocenters. The fraction of sp³-hybridized carbons (Fsp3) is 0.471. The summed E-state index contributed by atoms with van der Waals surface area (Å²) in [4.78, 5) is 19.0.